The lowest BCUT2D eigenvalue weighted by molar-refractivity contribution is -0.126. The second-order valence-corrected chi connectivity index (χ2v) is 6.99. The SMILES string of the molecule is C[C@@H](NC(=O)[C@H]1CC(=O)N(c2cc(Cl)ccc2Cl)C1)c1ccccc1. The molecule has 3 rings (SSSR count). The quantitative estimate of drug-likeness (QED) is 0.867. The van der Waals surface area contributed by atoms with Gasteiger partial charge in [-0.2, -0.15) is 0 Å². The number of nitrogens with zero attached hydrogens (tertiary/aromatic N) is 1. The van der Waals surface area contributed by atoms with E-state index in [2.05, 4.69) is 5.32 Å². The Bertz CT molecular complexity index is 795. The third kappa shape index (κ3) is 3.97. The summed E-state index contributed by atoms with van der Waals surface area (Å²) in [5.41, 5.74) is 1.57. The van der Waals surface area contributed by atoms with Crippen molar-refractivity contribution >= 4 is 40.7 Å². The summed E-state index contributed by atoms with van der Waals surface area (Å²) in [4.78, 5) is 26.4. The number of amides is 2. The molecular weight excluding hydrogens is 359 g/mol. The Morgan fingerprint density at radius 3 is 2.64 bits per heavy atom. The second kappa shape index (κ2) is 7.46. The molecule has 1 aliphatic rings. The van der Waals surface area contributed by atoms with Crippen LogP contribution in [0.3, 0.4) is 0 Å². The van der Waals surface area contributed by atoms with Crippen LogP contribution in [0.25, 0.3) is 0 Å². The van der Waals surface area contributed by atoms with E-state index in [4.69, 9.17) is 23.2 Å². The van der Waals surface area contributed by atoms with E-state index < -0.39 is 5.92 Å². The second-order valence-electron chi connectivity index (χ2n) is 6.14. The van der Waals surface area contributed by atoms with Crippen LogP contribution in [0.1, 0.15) is 24.9 Å². The van der Waals surface area contributed by atoms with Gasteiger partial charge in [-0.1, -0.05) is 53.5 Å². The van der Waals surface area contributed by atoms with Gasteiger partial charge in [0, 0.05) is 18.0 Å². The molecule has 1 saturated heterocycles. The van der Waals surface area contributed by atoms with Crippen LogP contribution in [0.15, 0.2) is 48.5 Å². The van der Waals surface area contributed by atoms with Crippen LogP contribution in [0.4, 0.5) is 5.69 Å². The molecule has 2 amide bonds. The molecule has 1 N–H and O–H groups in total. The number of benzene rings is 2. The summed E-state index contributed by atoms with van der Waals surface area (Å²) in [7, 11) is 0. The summed E-state index contributed by atoms with van der Waals surface area (Å²) < 4.78 is 0. The van der Waals surface area contributed by atoms with Gasteiger partial charge in [0.25, 0.3) is 0 Å². The first kappa shape index (κ1) is 17.8. The van der Waals surface area contributed by atoms with Crippen LogP contribution in [0.2, 0.25) is 10.0 Å². The fourth-order valence-electron chi connectivity index (χ4n) is 2.96. The van der Waals surface area contributed by atoms with Gasteiger partial charge in [-0.25, -0.2) is 0 Å². The fourth-order valence-corrected chi connectivity index (χ4v) is 3.35. The summed E-state index contributed by atoms with van der Waals surface area (Å²) in [5, 5.41) is 3.92. The van der Waals surface area contributed by atoms with Gasteiger partial charge in [0.1, 0.15) is 0 Å². The summed E-state index contributed by atoms with van der Waals surface area (Å²) in [5.74, 6) is -0.671. The zero-order chi connectivity index (χ0) is 18.0. The number of anilines is 1. The van der Waals surface area contributed by atoms with Crippen LogP contribution in [0.5, 0.6) is 0 Å². The molecule has 0 spiro atoms. The van der Waals surface area contributed by atoms with E-state index >= 15 is 0 Å². The number of nitrogens with one attached hydrogen (secondary N) is 1. The van der Waals surface area contributed by atoms with E-state index in [0.29, 0.717) is 22.3 Å². The van der Waals surface area contributed by atoms with E-state index in [1.165, 1.54) is 4.90 Å². The topological polar surface area (TPSA) is 49.4 Å². The van der Waals surface area contributed by atoms with Crippen molar-refractivity contribution in [2.75, 3.05) is 11.4 Å². The van der Waals surface area contributed by atoms with Gasteiger partial charge >= 0.3 is 0 Å². The van der Waals surface area contributed by atoms with Crippen LogP contribution in [-0.4, -0.2) is 18.4 Å². The fraction of sp³-hybridized carbons (Fsp3) is 0.263. The molecule has 2 aromatic rings. The maximum Gasteiger partial charge on any atom is 0.227 e. The lowest BCUT2D eigenvalue weighted by Gasteiger charge is -2.19. The maximum atomic E-state index is 12.6. The van der Waals surface area contributed by atoms with Crippen molar-refractivity contribution < 1.29 is 9.59 Å². The van der Waals surface area contributed by atoms with Crippen molar-refractivity contribution in [1.29, 1.82) is 0 Å². The van der Waals surface area contributed by atoms with E-state index in [-0.39, 0.29) is 24.3 Å². The highest BCUT2D eigenvalue weighted by Gasteiger charge is 2.36. The van der Waals surface area contributed by atoms with Crippen LogP contribution >= 0.6 is 23.2 Å². The van der Waals surface area contributed by atoms with Gasteiger partial charge in [-0.15, -0.1) is 0 Å². The number of halogens is 2. The molecule has 0 aromatic heterocycles. The summed E-state index contributed by atoms with van der Waals surface area (Å²) in [6, 6.07) is 14.6. The zero-order valence-electron chi connectivity index (χ0n) is 13.7. The van der Waals surface area contributed by atoms with Gasteiger partial charge in [-0.05, 0) is 30.7 Å². The molecule has 130 valence electrons. The van der Waals surface area contributed by atoms with Gasteiger partial charge in [0.05, 0.1) is 22.7 Å². The van der Waals surface area contributed by atoms with Gasteiger partial charge < -0.3 is 10.2 Å². The van der Waals surface area contributed by atoms with Crippen LogP contribution in [0, 0.1) is 5.92 Å². The first-order valence-corrected chi connectivity index (χ1v) is 8.82. The predicted octanol–water partition coefficient (Wildman–Crippen LogP) is 4.22. The van der Waals surface area contributed by atoms with Gasteiger partial charge in [-0.3, -0.25) is 9.59 Å². The Labute approximate surface area is 156 Å². The predicted molar refractivity (Wildman–Crippen MR) is 99.9 cm³/mol. The Balaban J connectivity index is 1.69. The molecule has 0 aliphatic carbocycles. The first-order chi connectivity index (χ1) is 12.0. The molecule has 0 bridgehead atoms. The van der Waals surface area contributed by atoms with E-state index in [1.807, 2.05) is 37.3 Å². The summed E-state index contributed by atoms with van der Waals surface area (Å²) in [6.07, 6.45) is 0.163. The van der Waals surface area contributed by atoms with Crippen molar-refractivity contribution in [3.8, 4) is 0 Å². The largest absolute Gasteiger partial charge is 0.349 e. The molecule has 0 unspecified atom stereocenters. The highest BCUT2D eigenvalue weighted by atomic mass is 35.5. The average Bonchev–Trinajstić information content (AvgIpc) is 2.99. The highest BCUT2D eigenvalue weighted by molar-refractivity contribution is 6.35. The maximum absolute atomic E-state index is 12.6. The molecule has 2 aromatic carbocycles. The molecule has 6 heteroatoms. The molecule has 4 nitrogen and oxygen atoms in total. The number of carbonyl (C=O) groups excluding carboxylic acids is 2. The van der Waals surface area contributed by atoms with E-state index in [0.717, 1.165) is 5.56 Å². The molecule has 0 radical (unpaired) electrons. The Hall–Kier alpha value is -2.04. The molecule has 25 heavy (non-hydrogen) atoms. The highest BCUT2D eigenvalue weighted by Crippen LogP contribution is 2.33. The van der Waals surface area contributed by atoms with Crippen molar-refractivity contribution in [2.24, 2.45) is 5.92 Å². The summed E-state index contributed by atoms with van der Waals surface area (Å²) in [6.45, 7) is 2.22. The molecular formula is C19H18Cl2N2O2. The Morgan fingerprint density at radius 1 is 1.20 bits per heavy atom. The lowest BCUT2D eigenvalue weighted by atomic mass is 10.1. The number of carbonyl (C=O) groups is 2. The minimum Gasteiger partial charge on any atom is -0.349 e. The zero-order valence-corrected chi connectivity index (χ0v) is 15.2. The molecule has 1 heterocycles. The minimum atomic E-state index is -0.409. The van der Waals surface area contributed by atoms with Gasteiger partial charge in [0.2, 0.25) is 11.8 Å². The molecule has 2 atom stereocenters. The smallest absolute Gasteiger partial charge is 0.227 e. The van der Waals surface area contributed by atoms with Crippen LogP contribution in [-0.2, 0) is 9.59 Å². The first-order valence-electron chi connectivity index (χ1n) is 8.06. The average molecular weight is 377 g/mol. The molecule has 0 saturated carbocycles. The van der Waals surface area contributed by atoms with Crippen molar-refractivity contribution in [3.63, 3.8) is 0 Å². The number of hydrogen-bond acceptors (Lipinski definition) is 2. The van der Waals surface area contributed by atoms with Crippen molar-refractivity contribution in [3.05, 3.63) is 64.1 Å². The van der Waals surface area contributed by atoms with E-state index in [9.17, 15) is 9.59 Å². The Morgan fingerprint density at radius 2 is 1.92 bits per heavy atom. The number of rotatable bonds is 4. The van der Waals surface area contributed by atoms with Crippen LogP contribution < -0.4 is 10.2 Å². The monoisotopic (exact) mass is 376 g/mol. The molecule has 1 aliphatic heterocycles. The van der Waals surface area contributed by atoms with Crippen molar-refractivity contribution in [2.45, 2.75) is 19.4 Å². The Kier molecular flexibility index (Phi) is 5.30. The third-order valence-electron chi connectivity index (χ3n) is 4.35. The standard InChI is InChI=1S/C19H18Cl2N2O2/c1-12(13-5-3-2-4-6-13)22-19(25)14-9-18(24)23(11-14)17-10-15(20)7-8-16(17)21/h2-8,10,12,14H,9,11H2,1H3,(H,22,25)/t12-,14+/m1/s1. The van der Waals surface area contributed by atoms with Gasteiger partial charge in [0.15, 0.2) is 0 Å². The van der Waals surface area contributed by atoms with Crippen molar-refractivity contribution in [1.82, 2.24) is 5.32 Å². The third-order valence-corrected chi connectivity index (χ3v) is 4.91. The summed E-state index contributed by atoms with van der Waals surface area (Å²) >= 11 is 12.2. The van der Waals surface area contributed by atoms with E-state index in [1.54, 1.807) is 18.2 Å². The minimum absolute atomic E-state index is 0.118. The number of hydrogen-bond donors (Lipinski definition) is 1. The lowest BCUT2D eigenvalue weighted by Crippen LogP contribution is -2.34. The molecule has 1 fully saturated rings. The normalized spacial score (nSPS) is 18.3.